The van der Waals surface area contributed by atoms with E-state index in [1.165, 1.54) is 0 Å². The number of aryl methyl sites for hydroxylation is 2. The first kappa shape index (κ1) is 18.9. The lowest BCUT2D eigenvalue weighted by molar-refractivity contribution is 0.102. The van der Waals surface area contributed by atoms with Crippen LogP contribution in [0.15, 0.2) is 66.7 Å². The molecule has 2 N–H and O–H groups in total. The number of anilines is 2. The SMILES string of the molecule is Cc1ccc(NC(=O)c2cccc(C(=O)Nc3ccc(C#N)cc3)c2)cc1C. The molecule has 0 spiro atoms. The molecule has 0 bridgehead atoms. The van der Waals surface area contributed by atoms with E-state index in [1.54, 1.807) is 48.5 Å². The van der Waals surface area contributed by atoms with Crippen LogP contribution in [0.4, 0.5) is 11.4 Å². The van der Waals surface area contributed by atoms with Crippen LogP contribution < -0.4 is 10.6 Å². The van der Waals surface area contributed by atoms with Gasteiger partial charge in [-0.3, -0.25) is 9.59 Å². The van der Waals surface area contributed by atoms with Gasteiger partial charge in [0.2, 0.25) is 0 Å². The van der Waals surface area contributed by atoms with E-state index in [4.69, 9.17) is 5.26 Å². The second-order valence-electron chi connectivity index (χ2n) is 6.48. The Kier molecular flexibility index (Phi) is 5.52. The molecule has 28 heavy (non-hydrogen) atoms. The lowest BCUT2D eigenvalue weighted by atomic mass is 10.1. The maximum atomic E-state index is 12.5. The maximum Gasteiger partial charge on any atom is 0.255 e. The second kappa shape index (κ2) is 8.19. The van der Waals surface area contributed by atoms with E-state index in [2.05, 4.69) is 10.6 Å². The van der Waals surface area contributed by atoms with Crippen molar-refractivity contribution in [2.45, 2.75) is 13.8 Å². The highest BCUT2D eigenvalue weighted by atomic mass is 16.2. The Morgan fingerprint density at radius 1 is 0.750 bits per heavy atom. The van der Waals surface area contributed by atoms with Crippen molar-refractivity contribution in [1.82, 2.24) is 0 Å². The molecule has 0 heterocycles. The van der Waals surface area contributed by atoms with Crippen molar-refractivity contribution in [2.24, 2.45) is 0 Å². The van der Waals surface area contributed by atoms with Gasteiger partial charge in [-0.2, -0.15) is 5.26 Å². The van der Waals surface area contributed by atoms with Crippen molar-refractivity contribution in [1.29, 1.82) is 5.26 Å². The molecule has 0 aliphatic carbocycles. The predicted molar refractivity (Wildman–Crippen MR) is 109 cm³/mol. The summed E-state index contributed by atoms with van der Waals surface area (Å²) in [7, 11) is 0. The molecule has 5 nitrogen and oxygen atoms in total. The van der Waals surface area contributed by atoms with Crippen molar-refractivity contribution in [3.8, 4) is 6.07 Å². The number of hydrogen-bond acceptors (Lipinski definition) is 3. The normalized spacial score (nSPS) is 10.0. The van der Waals surface area contributed by atoms with Gasteiger partial charge in [-0.25, -0.2) is 0 Å². The summed E-state index contributed by atoms with van der Waals surface area (Å²) in [5, 5.41) is 14.4. The zero-order valence-electron chi connectivity index (χ0n) is 15.6. The number of amides is 2. The van der Waals surface area contributed by atoms with E-state index >= 15 is 0 Å². The zero-order valence-corrected chi connectivity index (χ0v) is 15.6. The molecular formula is C23H19N3O2. The van der Waals surface area contributed by atoms with E-state index in [0.29, 0.717) is 28.1 Å². The monoisotopic (exact) mass is 369 g/mol. The number of benzene rings is 3. The molecule has 0 fully saturated rings. The van der Waals surface area contributed by atoms with E-state index in [0.717, 1.165) is 11.1 Å². The summed E-state index contributed by atoms with van der Waals surface area (Å²) in [4.78, 5) is 25.0. The molecule has 3 aromatic carbocycles. The molecule has 5 heteroatoms. The van der Waals surface area contributed by atoms with E-state index < -0.39 is 0 Å². The molecule has 0 aromatic heterocycles. The van der Waals surface area contributed by atoms with Crippen molar-refractivity contribution >= 4 is 23.2 Å². The Morgan fingerprint density at radius 3 is 1.89 bits per heavy atom. The van der Waals surface area contributed by atoms with Gasteiger partial charge in [0.25, 0.3) is 11.8 Å². The summed E-state index contributed by atoms with van der Waals surface area (Å²) < 4.78 is 0. The molecule has 138 valence electrons. The molecule has 3 rings (SSSR count). The molecule has 0 saturated heterocycles. The molecule has 0 saturated carbocycles. The molecule has 3 aromatic rings. The van der Waals surface area contributed by atoms with Crippen LogP contribution >= 0.6 is 0 Å². The first-order valence-electron chi connectivity index (χ1n) is 8.76. The predicted octanol–water partition coefficient (Wildman–Crippen LogP) is 4.68. The minimum absolute atomic E-state index is 0.281. The average molecular weight is 369 g/mol. The van der Waals surface area contributed by atoms with Crippen LogP contribution in [0.5, 0.6) is 0 Å². The highest BCUT2D eigenvalue weighted by molar-refractivity contribution is 6.08. The lowest BCUT2D eigenvalue weighted by Crippen LogP contribution is -2.15. The van der Waals surface area contributed by atoms with Crippen molar-refractivity contribution < 1.29 is 9.59 Å². The third-order valence-electron chi connectivity index (χ3n) is 4.42. The molecule has 0 aliphatic heterocycles. The number of nitrogens with one attached hydrogen (secondary N) is 2. The van der Waals surface area contributed by atoms with E-state index in [1.807, 2.05) is 38.1 Å². The fourth-order valence-electron chi connectivity index (χ4n) is 2.66. The number of carbonyl (C=O) groups excluding carboxylic acids is 2. The Morgan fingerprint density at radius 2 is 1.32 bits per heavy atom. The standard InChI is InChI=1S/C23H19N3O2/c1-15-6-9-21(12-16(15)2)26-23(28)19-5-3-4-18(13-19)22(27)25-20-10-7-17(14-24)8-11-20/h3-13H,1-2H3,(H,25,27)(H,26,28). The minimum atomic E-state index is -0.328. The zero-order chi connectivity index (χ0) is 20.1. The topological polar surface area (TPSA) is 82.0 Å². The summed E-state index contributed by atoms with van der Waals surface area (Å²) in [6.45, 7) is 4.00. The Labute approximate surface area is 163 Å². The van der Waals surface area contributed by atoms with Gasteiger partial charge in [0.15, 0.2) is 0 Å². The quantitative estimate of drug-likeness (QED) is 0.700. The summed E-state index contributed by atoms with van der Waals surface area (Å²) in [6, 6.07) is 20.8. The van der Waals surface area contributed by atoms with Gasteiger partial charge < -0.3 is 10.6 Å². The van der Waals surface area contributed by atoms with Gasteiger partial charge in [-0.1, -0.05) is 12.1 Å². The van der Waals surface area contributed by atoms with Gasteiger partial charge in [0.05, 0.1) is 11.6 Å². The Hall–Kier alpha value is -3.91. The summed E-state index contributed by atoms with van der Waals surface area (Å²) in [6.07, 6.45) is 0. The van der Waals surface area contributed by atoms with Crippen molar-refractivity contribution in [2.75, 3.05) is 10.6 Å². The van der Waals surface area contributed by atoms with Gasteiger partial charge in [-0.15, -0.1) is 0 Å². The smallest absolute Gasteiger partial charge is 0.255 e. The number of carbonyl (C=O) groups is 2. The highest BCUT2D eigenvalue weighted by Gasteiger charge is 2.11. The van der Waals surface area contributed by atoms with Crippen molar-refractivity contribution in [3.63, 3.8) is 0 Å². The van der Waals surface area contributed by atoms with Crippen LogP contribution in [0.1, 0.15) is 37.4 Å². The van der Waals surface area contributed by atoms with E-state index in [9.17, 15) is 9.59 Å². The van der Waals surface area contributed by atoms with Crippen LogP contribution in [-0.2, 0) is 0 Å². The summed E-state index contributed by atoms with van der Waals surface area (Å²) in [5.41, 5.74) is 4.81. The number of hydrogen-bond donors (Lipinski definition) is 2. The molecular weight excluding hydrogens is 350 g/mol. The van der Waals surface area contributed by atoms with Crippen LogP contribution in [0, 0.1) is 25.2 Å². The molecule has 0 unspecified atom stereocenters. The summed E-state index contributed by atoms with van der Waals surface area (Å²) >= 11 is 0. The van der Waals surface area contributed by atoms with Gasteiger partial charge in [0.1, 0.15) is 0 Å². The van der Waals surface area contributed by atoms with Gasteiger partial charge >= 0.3 is 0 Å². The first-order valence-corrected chi connectivity index (χ1v) is 8.76. The fourth-order valence-corrected chi connectivity index (χ4v) is 2.66. The average Bonchev–Trinajstić information content (AvgIpc) is 2.71. The lowest BCUT2D eigenvalue weighted by Gasteiger charge is -2.09. The largest absolute Gasteiger partial charge is 0.322 e. The van der Waals surface area contributed by atoms with E-state index in [-0.39, 0.29) is 11.8 Å². The van der Waals surface area contributed by atoms with Crippen LogP contribution in [0.25, 0.3) is 0 Å². The maximum absolute atomic E-state index is 12.5. The summed E-state index contributed by atoms with van der Waals surface area (Å²) in [5.74, 6) is -0.609. The fraction of sp³-hybridized carbons (Fsp3) is 0.0870. The number of rotatable bonds is 4. The number of nitrogens with zero attached hydrogens (tertiary/aromatic N) is 1. The molecule has 2 amide bonds. The second-order valence-corrected chi connectivity index (χ2v) is 6.48. The van der Waals surface area contributed by atoms with Crippen LogP contribution in [0.3, 0.4) is 0 Å². The first-order chi connectivity index (χ1) is 13.5. The Bertz CT molecular complexity index is 1080. The molecule has 0 radical (unpaired) electrons. The van der Waals surface area contributed by atoms with Crippen molar-refractivity contribution in [3.05, 3.63) is 94.5 Å². The number of nitriles is 1. The third-order valence-corrected chi connectivity index (χ3v) is 4.42. The third kappa shape index (κ3) is 4.43. The molecule has 0 aliphatic rings. The Balaban J connectivity index is 1.73. The minimum Gasteiger partial charge on any atom is -0.322 e. The van der Waals surface area contributed by atoms with Gasteiger partial charge in [-0.05, 0) is 79.6 Å². The molecule has 0 atom stereocenters. The highest BCUT2D eigenvalue weighted by Crippen LogP contribution is 2.16. The van der Waals surface area contributed by atoms with Crippen LogP contribution in [0.2, 0.25) is 0 Å². The van der Waals surface area contributed by atoms with Gasteiger partial charge in [0, 0.05) is 22.5 Å². The van der Waals surface area contributed by atoms with Crippen LogP contribution in [-0.4, -0.2) is 11.8 Å².